The number of rotatable bonds is 4. The van der Waals surface area contributed by atoms with Gasteiger partial charge in [0.25, 0.3) is 0 Å². The van der Waals surface area contributed by atoms with Gasteiger partial charge in [-0.1, -0.05) is 35.9 Å². The Labute approximate surface area is 126 Å². The first-order chi connectivity index (χ1) is 9.90. The van der Waals surface area contributed by atoms with Crippen LogP contribution in [0.3, 0.4) is 0 Å². The van der Waals surface area contributed by atoms with Crippen molar-refractivity contribution in [2.75, 3.05) is 0 Å². The molecule has 21 heavy (non-hydrogen) atoms. The standard InChI is InChI=1S/C16H16F3NS/c1-11-3-2-4-12(7-11)10-21-14-6-5-13(9-20)15(8-14)16(17,18)19/h2-8H,9-10,20H2,1H3. The topological polar surface area (TPSA) is 26.0 Å². The molecule has 2 rings (SSSR count). The van der Waals surface area contributed by atoms with Gasteiger partial charge in [0.05, 0.1) is 5.56 Å². The Morgan fingerprint density at radius 2 is 1.86 bits per heavy atom. The maximum Gasteiger partial charge on any atom is 0.416 e. The third-order valence-electron chi connectivity index (χ3n) is 3.09. The molecule has 0 aliphatic carbocycles. The van der Waals surface area contributed by atoms with E-state index in [1.165, 1.54) is 23.9 Å². The molecule has 0 unspecified atom stereocenters. The number of thioether (sulfide) groups is 1. The first-order valence-corrected chi connectivity index (χ1v) is 7.47. The molecule has 2 N–H and O–H groups in total. The minimum atomic E-state index is -4.37. The lowest BCUT2D eigenvalue weighted by Gasteiger charge is -2.13. The predicted molar refractivity (Wildman–Crippen MR) is 80.1 cm³/mol. The number of alkyl halides is 3. The Morgan fingerprint density at radius 1 is 1.10 bits per heavy atom. The summed E-state index contributed by atoms with van der Waals surface area (Å²) in [5.74, 6) is 0.640. The Hall–Kier alpha value is -1.46. The van der Waals surface area contributed by atoms with E-state index >= 15 is 0 Å². The molecular formula is C16H16F3NS. The van der Waals surface area contributed by atoms with Gasteiger partial charge in [-0.25, -0.2) is 0 Å². The van der Waals surface area contributed by atoms with Crippen LogP contribution in [-0.4, -0.2) is 0 Å². The number of aryl methyl sites for hydroxylation is 1. The zero-order valence-corrected chi connectivity index (χ0v) is 12.4. The molecule has 0 bridgehead atoms. The summed E-state index contributed by atoms with van der Waals surface area (Å²) in [6, 6.07) is 12.3. The fraction of sp³-hybridized carbons (Fsp3) is 0.250. The van der Waals surface area contributed by atoms with Crippen molar-refractivity contribution in [3.63, 3.8) is 0 Å². The van der Waals surface area contributed by atoms with Crippen molar-refractivity contribution < 1.29 is 13.2 Å². The third kappa shape index (κ3) is 4.25. The Morgan fingerprint density at radius 3 is 2.48 bits per heavy atom. The largest absolute Gasteiger partial charge is 0.416 e. The Kier molecular flexibility index (Phi) is 4.96. The van der Waals surface area contributed by atoms with E-state index in [1.54, 1.807) is 6.07 Å². The maximum atomic E-state index is 13.0. The summed E-state index contributed by atoms with van der Waals surface area (Å²) >= 11 is 1.39. The van der Waals surface area contributed by atoms with Gasteiger partial charge in [-0.05, 0) is 30.2 Å². The molecule has 5 heteroatoms. The highest BCUT2D eigenvalue weighted by Crippen LogP contribution is 2.35. The van der Waals surface area contributed by atoms with Crippen LogP contribution in [0.5, 0.6) is 0 Å². The molecule has 2 aromatic rings. The van der Waals surface area contributed by atoms with Crippen LogP contribution in [0.4, 0.5) is 13.2 Å². The summed E-state index contributed by atoms with van der Waals surface area (Å²) in [6.07, 6.45) is -4.37. The third-order valence-corrected chi connectivity index (χ3v) is 4.16. The van der Waals surface area contributed by atoms with Crippen LogP contribution < -0.4 is 5.73 Å². The van der Waals surface area contributed by atoms with Gasteiger partial charge >= 0.3 is 6.18 Å². The van der Waals surface area contributed by atoms with E-state index in [0.29, 0.717) is 10.6 Å². The minimum Gasteiger partial charge on any atom is -0.326 e. The molecule has 0 atom stereocenters. The smallest absolute Gasteiger partial charge is 0.326 e. The van der Waals surface area contributed by atoms with Gasteiger partial charge in [-0.3, -0.25) is 0 Å². The minimum absolute atomic E-state index is 0.113. The van der Waals surface area contributed by atoms with Crippen molar-refractivity contribution in [2.24, 2.45) is 5.73 Å². The summed E-state index contributed by atoms with van der Waals surface area (Å²) in [4.78, 5) is 0.598. The van der Waals surface area contributed by atoms with E-state index in [0.717, 1.165) is 11.1 Å². The second-order valence-electron chi connectivity index (χ2n) is 4.80. The summed E-state index contributed by atoms with van der Waals surface area (Å²) < 4.78 is 38.9. The lowest BCUT2D eigenvalue weighted by atomic mass is 10.1. The first kappa shape index (κ1) is 15.9. The fourth-order valence-electron chi connectivity index (χ4n) is 2.06. The van der Waals surface area contributed by atoms with Gasteiger partial charge in [-0.15, -0.1) is 11.8 Å². The Balaban J connectivity index is 2.18. The van der Waals surface area contributed by atoms with Crippen molar-refractivity contribution >= 4 is 11.8 Å². The second kappa shape index (κ2) is 6.54. The number of hydrogen-bond acceptors (Lipinski definition) is 2. The van der Waals surface area contributed by atoms with Crippen LogP contribution in [0.2, 0.25) is 0 Å². The molecule has 0 saturated heterocycles. The summed E-state index contributed by atoms with van der Waals surface area (Å²) in [6.45, 7) is 1.88. The van der Waals surface area contributed by atoms with Crippen molar-refractivity contribution in [1.82, 2.24) is 0 Å². The lowest BCUT2D eigenvalue weighted by Crippen LogP contribution is -2.11. The number of nitrogens with two attached hydrogens (primary N) is 1. The van der Waals surface area contributed by atoms with Crippen LogP contribution in [-0.2, 0) is 18.5 Å². The maximum absolute atomic E-state index is 13.0. The number of halogens is 3. The van der Waals surface area contributed by atoms with E-state index in [-0.39, 0.29) is 12.1 Å². The van der Waals surface area contributed by atoms with Gasteiger partial charge < -0.3 is 5.73 Å². The average Bonchev–Trinajstić information content (AvgIpc) is 2.44. The molecule has 112 valence electrons. The van der Waals surface area contributed by atoms with Crippen LogP contribution in [0.1, 0.15) is 22.3 Å². The Bertz CT molecular complexity index is 623. The van der Waals surface area contributed by atoms with E-state index in [9.17, 15) is 13.2 Å². The summed E-state index contributed by atoms with van der Waals surface area (Å²) in [7, 11) is 0. The quantitative estimate of drug-likeness (QED) is 0.824. The molecule has 0 spiro atoms. The van der Waals surface area contributed by atoms with Crippen molar-refractivity contribution in [3.05, 3.63) is 64.7 Å². The average molecular weight is 311 g/mol. The number of benzene rings is 2. The predicted octanol–water partition coefficient (Wildman–Crippen LogP) is 4.76. The normalized spacial score (nSPS) is 11.7. The highest BCUT2D eigenvalue weighted by atomic mass is 32.2. The first-order valence-electron chi connectivity index (χ1n) is 6.48. The summed E-state index contributed by atoms with van der Waals surface area (Å²) in [5.41, 5.74) is 7.10. The second-order valence-corrected chi connectivity index (χ2v) is 5.85. The highest BCUT2D eigenvalue weighted by Gasteiger charge is 2.33. The summed E-state index contributed by atoms with van der Waals surface area (Å²) in [5, 5.41) is 0. The zero-order valence-electron chi connectivity index (χ0n) is 11.6. The molecular weight excluding hydrogens is 295 g/mol. The van der Waals surface area contributed by atoms with Crippen LogP contribution in [0.15, 0.2) is 47.4 Å². The molecule has 2 aromatic carbocycles. The van der Waals surface area contributed by atoms with Crippen molar-refractivity contribution in [1.29, 1.82) is 0 Å². The lowest BCUT2D eigenvalue weighted by molar-refractivity contribution is -0.138. The van der Waals surface area contributed by atoms with Crippen molar-refractivity contribution in [3.8, 4) is 0 Å². The monoisotopic (exact) mass is 311 g/mol. The molecule has 0 aromatic heterocycles. The van der Waals surface area contributed by atoms with Crippen LogP contribution in [0.25, 0.3) is 0 Å². The van der Waals surface area contributed by atoms with E-state index in [4.69, 9.17) is 5.73 Å². The van der Waals surface area contributed by atoms with Crippen LogP contribution >= 0.6 is 11.8 Å². The highest BCUT2D eigenvalue weighted by molar-refractivity contribution is 7.98. The van der Waals surface area contributed by atoms with Crippen molar-refractivity contribution in [2.45, 2.75) is 30.3 Å². The van der Waals surface area contributed by atoms with Gasteiger partial charge in [0.15, 0.2) is 0 Å². The molecule has 0 heterocycles. The molecule has 0 radical (unpaired) electrons. The fourth-order valence-corrected chi connectivity index (χ4v) is 2.93. The zero-order chi connectivity index (χ0) is 15.5. The van der Waals surface area contributed by atoms with Gasteiger partial charge in [0.2, 0.25) is 0 Å². The van der Waals surface area contributed by atoms with E-state index in [2.05, 4.69) is 0 Å². The SMILES string of the molecule is Cc1cccc(CSc2ccc(CN)c(C(F)(F)F)c2)c1. The van der Waals surface area contributed by atoms with E-state index in [1.807, 2.05) is 31.2 Å². The molecule has 0 fully saturated rings. The van der Waals surface area contributed by atoms with Gasteiger partial charge in [-0.2, -0.15) is 13.2 Å². The van der Waals surface area contributed by atoms with Gasteiger partial charge in [0, 0.05) is 17.2 Å². The molecule has 0 aliphatic rings. The van der Waals surface area contributed by atoms with Crippen LogP contribution in [0, 0.1) is 6.92 Å². The molecule has 0 saturated carbocycles. The van der Waals surface area contributed by atoms with Gasteiger partial charge in [0.1, 0.15) is 0 Å². The molecule has 0 amide bonds. The molecule has 0 aliphatic heterocycles. The number of hydrogen-bond donors (Lipinski definition) is 1. The van der Waals surface area contributed by atoms with E-state index < -0.39 is 11.7 Å². The molecule has 1 nitrogen and oxygen atoms in total.